The maximum absolute atomic E-state index is 13.3. The molecule has 1 rings (SSSR count). The first-order chi connectivity index (χ1) is 11.7. The van der Waals surface area contributed by atoms with Crippen LogP contribution in [0.25, 0.3) is 0 Å². The van der Waals surface area contributed by atoms with Crippen molar-refractivity contribution in [3.8, 4) is 0 Å². The Kier molecular flexibility index (Phi) is 8.19. The lowest BCUT2D eigenvalue weighted by atomic mass is 10.2. The Bertz CT molecular complexity index is 788. The van der Waals surface area contributed by atoms with E-state index >= 15 is 0 Å². The van der Waals surface area contributed by atoms with Crippen molar-refractivity contribution in [1.29, 1.82) is 0 Å². The van der Waals surface area contributed by atoms with Gasteiger partial charge in [0, 0.05) is 0 Å². The van der Waals surface area contributed by atoms with Gasteiger partial charge in [0.05, 0.1) is 17.1 Å². The smallest absolute Gasteiger partial charge is 0.301 e. The van der Waals surface area contributed by atoms with Gasteiger partial charge >= 0.3 is 7.60 Å². The summed E-state index contributed by atoms with van der Waals surface area (Å²) in [4.78, 5) is -0.143. The summed E-state index contributed by atoms with van der Waals surface area (Å²) in [6.45, 7) is 8.14. The minimum atomic E-state index is -4.31. The molecule has 0 heterocycles. The summed E-state index contributed by atoms with van der Waals surface area (Å²) in [5.41, 5.74) is 0.0458. The molecule has 0 aliphatic carbocycles. The number of rotatable bonds is 7. The quantitative estimate of drug-likeness (QED) is 0.302. The molecule has 0 spiro atoms. The van der Waals surface area contributed by atoms with Gasteiger partial charge in [-0.25, -0.2) is 0 Å². The molecule has 26 heavy (non-hydrogen) atoms. The lowest BCUT2D eigenvalue weighted by Crippen LogP contribution is -2.26. The molecule has 0 bridgehead atoms. The molecule has 0 aromatic heterocycles. The normalized spacial score (nSPS) is 14.3. The molecule has 0 aliphatic heterocycles. The van der Waals surface area contributed by atoms with E-state index in [-0.39, 0.29) is 4.90 Å². The highest BCUT2D eigenvalue weighted by molar-refractivity contribution is 7.91. The zero-order valence-electron chi connectivity index (χ0n) is 14.9. The second-order valence-electron chi connectivity index (χ2n) is 6.01. The molecule has 0 fully saturated rings. The first-order valence-corrected chi connectivity index (χ1v) is 11.8. The molecular formula is C15H21Cl3NO5PS. The number of alkyl halides is 3. The average molecular weight is 465 g/mol. The van der Waals surface area contributed by atoms with Crippen LogP contribution in [0.3, 0.4) is 0 Å². The monoisotopic (exact) mass is 463 g/mol. The van der Waals surface area contributed by atoms with Crippen molar-refractivity contribution >= 4 is 57.9 Å². The van der Waals surface area contributed by atoms with Gasteiger partial charge < -0.3 is 9.05 Å². The van der Waals surface area contributed by atoms with Crippen LogP contribution in [0.5, 0.6) is 0 Å². The highest BCUT2D eigenvalue weighted by Gasteiger charge is 2.47. The van der Waals surface area contributed by atoms with Crippen LogP contribution in [0.4, 0.5) is 0 Å². The third-order valence-electron chi connectivity index (χ3n) is 2.74. The van der Waals surface area contributed by atoms with Gasteiger partial charge in [-0.1, -0.05) is 52.5 Å². The first kappa shape index (κ1) is 23.9. The van der Waals surface area contributed by atoms with Gasteiger partial charge in [0.2, 0.25) is 3.79 Å². The van der Waals surface area contributed by atoms with Crippen LogP contribution >= 0.6 is 42.4 Å². The molecule has 0 N–H and O–H groups in total. The lowest BCUT2D eigenvalue weighted by Gasteiger charge is -2.26. The molecule has 1 aromatic rings. The van der Waals surface area contributed by atoms with Gasteiger partial charge in [-0.3, -0.25) is 4.57 Å². The number of benzene rings is 1. The van der Waals surface area contributed by atoms with E-state index in [9.17, 15) is 13.0 Å². The Hall–Kier alpha value is -0.140. The van der Waals surface area contributed by atoms with E-state index < -0.39 is 39.1 Å². The highest BCUT2D eigenvalue weighted by Crippen LogP contribution is 2.58. The fraction of sp³-hybridized carbons (Fsp3) is 0.533. The first-order valence-electron chi connectivity index (χ1n) is 7.63. The molecule has 6 nitrogen and oxygen atoms in total. The third kappa shape index (κ3) is 6.79. The van der Waals surface area contributed by atoms with E-state index in [0.717, 1.165) is 5.56 Å². The molecule has 148 valence electrons. The lowest BCUT2D eigenvalue weighted by molar-refractivity contribution is 0.152. The van der Waals surface area contributed by atoms with Gasteiger partial charge in [-0.2, -0.15) is 12.8 Å². The van der Waals surface area contributed by atoms with E-state index in [2.05, 4.69) is 4.40 Å². The summed E-state index contributed by atoms with van der Waals surface area (Å²) in [5, 5.41) is 0. The second-order valence-corrected chi connectivity index (χ2v) is 11.7. The van der Waals surface area contributed by atoms with Crippen molar-refractivity contribution in [2.24, 2.45) is 4.40 Å². The summed E-state index contributed by atoms with van der Waals surface area (Å²) >= 11 is 17.6. The van der Waals surface area contributed by atoms with Crippen LogP contribution in [-0.2, 0) is 23.6 Å². The molecule has 1 aromatic carbocycles. The van der Waals surface area contributed by atoms with Crippen molar-refractivity contribution in [3.63, 3.8) is 0 Å². The summed E-state index contributed by atoms with van der Waals surface area (Å²) in [5.74, 6) is 0. The van der Waals surface area contributed by atoms with E-state index in [1.165, 1.54) is 12.1 Å². The van der Waals surface area contributed by atoms with Crippen molar-refractivity contribution < 1.29 is 22.0 Å². The largest absolute Gasteiger partial charge is 0.381 e. The predicted octanol–water partition coefficient (Wildman–Crippen LogP) is 5.50. The van der Waals surface area contributed by atoms with Gasteiger partial charge in [-0.05, 0) is 46.8 Å². The van der Waals surface area contributed by atoms with Crippen LogP contribution in [0.15, 0.2) is 33.6 Å². The summed E-state index contributed by atoms with van der Waals surface area (Å²) in [6, 6.07) is 5.88. The molecule has 0 amide bonds. The molecule has 11 heteroatoms. The summed E-state index contributed by atoms with van der Waals surface area (Å²) in [6.07, 6.45) is -1.20. The number of hydrogen-bond acceptors (Lipinski definition) is 5. The molecular weight excluding hydrogens is 444 g/mol. The Labute approximate surface area is 169 Å². The van der Waals surface area contributed by atoms with Gasteiger partial charge in [-0.15, -0.1) is 0 Å². The van der Waals surface area contributed by atoms with Gasteiger partial charge in [0.25, 0.3) is 10.0 Å². The Morgan fingerprint density at radius 3 is 1.81 bits per heavy atom. The summed E-state index contributed by atoms with van der Waals surface area (Å²) < 4.78 is 50.3. The van der Waals surface area contributed by atoms with Crippen LogP contribution in [0.1, 0.15) is 33.3 Å². The number of hydrogen-bond donors (Lipinski definition) is 0. The van der Waals surface area contributed by atoms with Gasteiger partial charge in [0.1, 0.15) is 0 Å². The minimum Gasteiger partial charge on any atom is -0.301 e. The number of aryl methyl sites for hydroxylation is 1. The predicted molar refractivity (Wildman–Crippen MR) is 106 cm³/mol. The molecule has 0 radical (unpaired) electrons. The van der Waals surface area contributed by atoms with Crippen molar-refractivity contribution in [3.05, 3.63) is 29.8 Å². The van der Waals surface area contributed by atoms with Crippen molar-refractivity contribution in [2.75, 3.05) is 0 Å². The van der Waals surface area contributed by atoms with Crippen molar-refractivity contribution in [2.45, 2.75) is 55.5 Å². The number of nitrogens with zero attached hydrogens (tertiary/aromatic N) is 1. The minimum absolute atomic E-state index is 0.143. The van der Waals surface area contributed by atoms with E-state index in [1.807, 2.05) is 0 Å². The maximum atomic E-state index is 13.3. The number of sulfonamides is 1. The summed E-state index contributed by atoms with van der Waals surface area (Å²) in [7, 11) is -8.63. The average Bonchev–Trinajstić information content (AvgIpc) is 2.42. The Morgan fingerprint density at radius 1 is 1.04 bits per heavy atom. The fourth-order valence-electron chi connectivity index (χ4n) is 1.81. The molecule has 0 saturated carbocycles. The SMILES string of the molecule is Cc1ccc(S(=O)(=O)/N=C(/C(Cl)(Cl)Cl)P(=O)(OC(C)C)OC(C)C)cc1. The molecule has 0 aliphatic rings. The second kappa shape index (κ2) is 8.91. The third-order valence-corrected chi connectivity index (χ3v) is 7.45. The fourth-order valence-corrected chi connectivity index (χ4v) is 6.36. The van der Waals surface area contributed by atoms with Crippen LogP contribution in [-0.4, -0.2) is 29.9 Å². The Balaban J connectivity index is 3.59. The Morgan fingerprint density at radius 2 is 1.46 bits per heavy atom. The van der Waals surface area contributed by atoms with E-state index in [1.54, 1.807) is 46.8 Å². The molecule has 0 unspecified atom stereocenters. The highest BCUT2D eigenvalue weighted by atomic mass is 35.6. The van der Waals surface area contributed by atoms with Crippen molar-refractivity contribution in [1.82, 2.24) is 0 Å². The maximum Gasteiger partial charge on any atom is 0.381 e. The zero-order valence-corrected chi connectivity index (χ0v) is 18.9. The van der Waals surface area contributed by atoms with E-state index in [4.69, 9.17) is 43.9 Å². The molecule has 0 saturated heterocycles. The van der Waals surface area contributed by atoms with Crippen LogP contribution < -0.4 is 0 Å². The molecule has 0 atom stereocenters. The zero-order chi connectivity index (χ0) is 20.3. The van der Waals surface area contributed by atoms with Gasteiger partial charge in [0.15, 0.2) is 5.45 Å². The van der Waals surface area contributed by atoms with E-state index in [0.29, 0.717) is 0 Å². The van der Waals surface area contributed by atoms with Crippen LogP contribution in [0.2, 0.25) is 0 Å². The topological polar surface area (TPSA) is 82.0 Å². The standard InChI is InChI=1S/C15H21Cl3NO5PS/c1-10(2)23-25(20,24-11(3)4)14(15(16,17)18)19-26(21,22)13-8-6-12(5)7-9-13/h6-11H,1-5H3/b19-14-. The number of halogens is 3. The van der Waals surface area contributed by atoms with Crippen LogP contribution in [0, 0.1) is 6.92 Å².